The molecule has 0 bridgehead atoms. The quantitative estimate of drug-likeness (QED) is 0.835. The number of ether oxygens (including phenoxy) is 1. The van der Waals surface area contributed by atoms with Crippen LogP contribution in [0.4, 0.5) is 0 Å². The number of hydrogen-bond donors (Lipinski definition) is 1. The van der Waals surface area contributed by atoms with E-state index in [1.807, 2.05) is 54.8 Å². The Bertz CT molecular complexity index is 499. The monoisotopic (exact) mass is 245 g/mol. The summed E-state index contributed by atoms with van der Waals surface area (Å²) in [5.74, 6) is 1.71. The molecule has 3 heteroatoms. The molecule has 0 unspecified atom stereocenters. The number of benzene rings is 2. The fourth-order valence-corrected chi connectivity index (χ4v) is 2.09. The Hall–Kier alpha value is -1.45. The van der Waals surface area contributed by atoms with Gasteiger partial charge in [-0.3, -0.25) is 0 Å². The lowest BCUT2D eigenvalue weighted by atomic mass is 10.2. The molecule has 2 aromatic carbocycles. The summed E-state index contributed by atoms with van der Waals surface area (Å²) in [5.41, 5.74) is 6.68. The van der Waals surface area contributed by atoms with Crippen LogP contribution in [0.2, 0.25) is 0 Å². The zero-order chi connectivity index (χ0) is 12.1. The van der Waals surface area contributed by atoms with E-state index in [1.54, 1.807) is 11.8 Å². The maximum Gasteiger partial charge on any atom is 0.140 e. The van der Waals surface area contributed by atoms with Gasteiger partial charge in [-0.15, -0.1) is 11.8 Å². The summed E-state index contributed by atoms with van der Waals surface area (Å²) >= 11 is 1.67. The normalized spacial score (nSPS) is 10.2. The fourth-order valence-electron chi connectivity index (χ4n) is 1.57. The number of para-hydroxylation sites is 1. The summed E-state index contributed by atoms with van der Waals surface area (Å²) in [6.45, 7) is 0.529. The predicted octanol–water partition coefficient (Wildman–Crippen LogP) is 3.66. The van der Waals surface area contributed by atoms with Gasteiger partial charge in [-0.1, -0.05) is 24.3 Å². The molecular weight excluding hydrogens is 230 g/mol. The first kappa shape index (κ1) is 12.0. The second kappa shape index (κ2) is 5.75. The lowest BCUT2D eigenvalue weighted by Crippen LogP contribution is -1.96. The van der Waals surface area contributed by atoms with Crippen LogP contribution in [-0.2, 0) is 6.54 Å². The summed E-state index contributed by atoms with van der Waals surface area (Å²) in [5, 5.41) is 0. The highest BCUT2D eigenvalue weighted by Crippen LogP contribution is 2.31. The first-order chi connectivity index (χ1) is 8.33. The van der Waals surface area contributed by atoms with E-state index in [0.29, 0.717) is 6.54 Å². The van der Waals surface area contributed by atoms with Gasteiger partial charge in [0.05, 0.1) is 0 Å². The number of thioether (sulfide) groups is 1. The van der Waals surface area contributed by atoms with Crippen molar-refractivity contribution in [1.29, 1.82) is 0 Å². The van der Waals surface area contributed by atoms with Crippen molar-refractivity contribution in [2.75, 3.05) is 6.26 Å². The molecular formula is C14H15NOS. The van der Waals surface area contributed by atoms with E-state index >= 15 is 0 Å². The molecule has 88 valence electrons. The van der Waals surface area contributed by atoms with E-state index in [1.165, 1.54) is 0 Å². The van der Waals surface area contributed by atoms with Crippen LogP contribution in [0.3, 0.4) is 0 Å². The van der Waals surface area contributed by atoms with Crippen LogP contribution in [0.25, 0.3) is 0 Å². The zero-order valence-corrected chi connectivity index (χ0v) is 10.5. The molecule has 0 aliphatic carbocycles. The summed E-state index contributed by atoms with van der Waals surface area (Å²) < 4.78 is 5.87. The van der Waals surface area contributed by atoms with Crippen LogP contribution in [0, 0.1) is 0 Å². The second-order valence-electron chi connectivity index (χ2n) is 3.60. The molecule has 2 aromatic rings. The van der Waals surface area contributed by atoms with Gasteiger partial charge in [0, 0.05) is 11.4 Å². The Kier molecular flexibility index (Phi) is 4.07. The van der Waals surface area contributed by atoms with Gasteiger partial charge in [0.15, 0.2) is 0 Å². The van der Waals surface area contributed by atoms with E-state index in [9.17, 15) is 0 Å². The summed E-state index contributed by atoms with van der Waals surface area (Å²) in [6, 6.07) is 15.9. The lowest BCUT2D eigenvalue weighted by Gasteiger charge is -2.10. The summed E-state index contributed by atoms with van der Waals surface area (Å²) in [4.78, 5) is 1.13. The first-order valence-electron chi connectivity index (χ1n) is 5.43. The molecule has 2 nitrogen and oxygen atoms in total. The molecule has 0 saturated heterocycles. The van der Waals surface area contributed by atoms with E-state index in [4.69, 9.17) is 10.5 Å². The Labute approximate surface area is 106 Å². The molecule has 17 heavy (non-hydrogen) atoms. The van der Waals surface area contributed by atoms with Gasteiger partial charge in [0.25, 0.3) is 0 Å². The van der Waals surface area contributed by atoms with Gasteiger partial charge >= 0.3 is 0 Å². The molecule has 0 spiro atoms. The van der Waals surface area contributed by atoms with Crippen molar-refractivity contribution in [2.45, 2.75) is 11.4 Å². The highest BCUT2D eigenvalue weighted by atomic mass is 32.2. The molecule has 0 amide bonds. The molecule has 2 N–H and O–H groups in total. The van der Waals surface area contributed by atoms with Crippen molar-refractivity contribution in [3.8, 4) is 11.5 Å². The SMILES string of the molecule is CSc1ccccc1Oc1cccc(CN)c1. The Balaban J connectivity index is 2.24. The predicted molar refractivity (Wildman–Crippen MR) is 72.6 cm³/mol. The highest BCUT2D eigenvalue weighted by Gasteiger charge is 2.03. The third-order valence-electron chi connectivity index (χ3n) is 2.43. The average Bonchev–Trinajstić information content (AvgIpc) is 2.39. The molecule has 0 atom stereocenters. The fraction of sp³-hybridized carbons (Fsp3) is 0.143. The van der Waals surface area contributed by atoms with Crippen molar-refractivity contribution in [2.24, 2.45) is 5.73 Å². The van der Waals surface area contributed by atoms with E-state index in [0.717, 1.165) is 22.0 Å². The summed E-state index contributed by atoms with van der Waals surface area (Å²) in [7, 11) is 0. The summed E-state index contributed by atoms with van der Waals surface area (Å²) in [6.07, 6.45) is 2.04. The van der Waals surface area contributed by atoms with Crippen molar-refractivity contribution < 1.29 is 4.74 Å². The van der Waals surface area contributed by atoms with Crippen LogP contribution < -0.4 is 10.5 Å². The van der Waals surface area contributed by atoms with Gasteiger partial charge < -0.3 is 10.5 Å². The van der Waals surface area contributed by atoms with Crippen molar-refractivity contribution in [3.05, 3.63) is 54.1 Å². The Morgan fingerprint density at radius 2 is 1.94 bits per heavy atom. The molecule has 0 aliphatic rings. The average molecular weight is 245 g/mol. The number of nitrogens with two attached hydrogens (primary N) is 1. The van der Waals surface area contributed by atoms with Gasteiger partial charge in [0.1, 0.15) is 11.5 Å². The van der Waals surface area contributed by atoms with Crippen LogP contribution in [0.1, 0.15) is 5.56 Å². The van der Waals surface area contributed by atoms with Gasteiger partial charge in [0.2, 0.25) is 0 Å². The van der Waals surface area contributed by atoms with Gasteiger partial charge in [-0.25, -0.2) is 0 Å². The first-order valence-corrected chi connectivity index (χ1v) is 6.66. The van der Waals surface area contributed by atoms with E-state index in [2.05, 4.69) is 0 Å². The maximum atomic E-state index is 5.87. The second-order valence-corrected chi connectivity index (χ2v) is 4.45. The minimum absolute atomic E-state index is 0.529. The van der Waals surface area contributed by atoms with Crippen molar-refractivity contribution in [3.63, 3.8) is 0 Å². The molecule has 0 heterocycles. The highest BCUT2D eigenvalue weighted by molar-refractivity contribution is 7.98. The third kappa shape index (κ3) is 3.02. The Morgan fingerprint density at radius 3 is 2.71 bits per heavy atom. The number of hydrogen-bond acceptors (Lipinski definition) is 3. The van der Waals surface area contributed by atoms with Crippen molar-refractivity contribution >= 4 is 11.8 Å². The molecule has 0 fully saturated rings. The van der Waals surface area contributed by atoms with Gasteiger partial charge in [-0.2, -0.15) is 0 Å². The van der Waals surface area contributed by atoms with Crippen LogP contribution in [0.15, 0.2) is 53.4 Å². The molecule has 2 rings (SSSR count). The lowest BCUT2D eigenvalue weighted by molar-refractivity contribution is 0.470. The molecule has 0 aliphatic heterocycles. The number of rotatable bonds is 4. The smallest absolute Gasteiger partial charge is 0.140 e. The van der Waals surface area contributed by atoms with Crippen LogP contribution in [0.5, 0.6) is 11.5 Å². The van der Waals surface area contributed by atoms with Crippen LogP contribution in [-0.4, -0.2) is 6.26 Å². The Morgan fingerprint density at radius 1 is 1.12 bits per heavy atom. The van der Waals surface area contributed by atoms with E-state index < -0.39 is 0 Å². The molecule has 0 aromatic heterocycles. The minimum Gasteiger partial charge on any atom is -0.456 e. The topological polar surface area (TPSA) is 35.2 Å². The minimum atomic E-state index is 0.529. The maximum absolute atomic E-state index is 5.87. The van der Waals surface area contributed by atoms with Crippen LogP contribution >= 0.6 is 11.8 Å². The van der Waals surface area contributed by atoms with Crippen molar-refractivity contribution in [1.82, 2.24) is 0 Å². The standard InChI is InChI=1S/C14H15NOS/c1-17-14-8-3-2-7-13(14)16-12-6-4-5-11(9-12)10-15/h2-9H,10,15H2,1H3. The van der Waals surface area contributed by atoms with Gasteiger partial charge in [-0.05, 0) is 36.1 Å². The largest absolute Gasteiger partial charge is 0.456 e. The third-order valence-corrected chi connectivity index (χ3v) is 3.21. The molecule has 0 radical (unpaired) electrons. The van der Waals surface area contributed by atoms with E-state index in [-0.39, 0.29) is 0 Å². The zero-order valence-electron chi connectivity index (χ0n) is 9.72. The molecule has 0 saturated carbocycles.